The lowest BCUT2D eigenvalue weighted by atomic mass is 10.1. The molecule has 11 heteroatoms. The van der Waals surface area contributed by atoms with Gasteiger partial charge in [-0.3, -0.25) is 4.79 Å². The van der Waals surface area contributed by atoms with E-state index in [2.05, 4.69) is 25.0 Å². The minimum atomic E-state index is -4.63. The number of hydrogen-bond donors (Lipinski definition) is 1. The first-order chi connectivity index (χ1) is 14.8. The van der Waals surface area contributed by atoms with E-state index in [1.165, 1.54) is 6.20 Å². The van der Waals surface area contributed by atoms with Crippen LogP contribution >= 0.6 is 11.6 Å². The molecule has 2 aromatic heterocycles. The summed E-state index contributed by atoms with van der Waals surface area (Å²) in [7, 11) is 0. The Kier molecular flexibility index (Phi) is 5.81. The van der Waals surface area contributed by atoms with E-state index in [0.717, 1.165) is 18.9 Å². The molecule has 1 aliphatic carbocycles. The Balaban J connectivity index is 1.51. The monoisotopic (exact) mass is 452 g/mol. The summed E-state index contributed by atoms with van der Waals surface area (Å²) >= 11 is 5.95. The number of amides is 1. The van der Waals surface area contributed by atoms with Crippen molar-refractivity contribution in [3.63, 3.8) is 0 Å². The molecule has 1 aliphatic rings. The number of hydrogen-bond acceptors (Lipinski definition) is 6. The molecule has 162 valence electrons. The quantitative estimate of drug-likeness (QED) is 0.566. The molecule has 4 rings (SSSR count). The smallest absolute Gasteiger partial charge is 0.436 e. The van der Waals surface area contributed by atoms with Gasteiger partial charge in [0.15, 0.2) is 17.2 Å². The van der Waals surface area contributed by atoms with Gasteiger partial charge >= 0.3 is 6.18 Å². The molecule has 0 radical (unpaired) electrons. The number of nitrogens with zero attached hydrogens (tertiary/aromatic N) is 3. The zero-order valence-corrected chi connectivity index (χ0v) is 16.7. The number of benzene rings is 1. The highest BCUT2D eigenvalue weighted by Gasteiger charge is 2.35. The van der Waals surface area contributed by atoms with E-state index in [1.54, 1.807) is 24.3 Å². The lowest BCUT2D eigenvalue weighted by Crippen LogP contribution is -2.25. The summed E-state index contributed by atoms with van der Waals surface area (Å²) in [6.45, 7) is 0.226. The van der Waals surface area contributed by atoms with Gasteiger partial charge in [-0.15, -0.1) is 0 Å². The maximum absolute atomic E-state index is 12.6. The van der Waals surface area contributed by atoms with Gasteiger partial charge in [0, 0.05) is 16.7 Å². The number of halogens is 4. The van der Waals surface area contributed by atoms with Crippen LogP contribution in [-0.2, 0) is 12.7 Å². The number of carbonyl (C=O) groups excluding carboxylic acids is 1. The predicted molar refractivity (Wildman–Crippen MR) is 103 cm³/mol. The molecular formula is C20H16ClF3N4O3. The fraction of sp³-hybridized carbons (Fsp3) is 0.300. The second-order valence-corrected chi connectivity index (χ2v) is 7.46. The summed E-state index contributed by atoms with van der Waals surface area (Å²) in [5.41, 5.74) is -0.0802. The Morgan fingerprint density at radius 3 is 2.65 bits per heavy atom. The molecule has 0 aliphatic heterocycles. The van der Waals surface area contributed by atoms with Gasteiger partial charge in [-0.1, -0.05) is 28.9 Å². The Morgan fingerprint density at radius 2 is 2.00 bits per heavy atom. The number of alkyl halides is 3. The zero-order valence-electron chi connectivity index (χ0n) is 15.9. The van der Waals surface area contributed by atoms with Crippen LogP contribution in [0.2, 0.25) is 5.02 Å². The molecule has 1 aromatic carbocycles. The van der Waals surface area contributed by atoms with Crippen molar-refractivity contribution in [2.75, 3.05) is 6.61 Å². The third-order valence-electron chi connectivity index (χ3n) is 4.52. The fourth-order valence-corrected chi connectivity index (χ4v) is 2.79. The van der Waals surface area contributed by atoms with Crippen molar-refractivity contribution in [2.45, 2.75) is 25.6 Å². The van der Waals surface area contributed by atoms with Crippen LogP contribution in [0, 0.1) is 5.92 Å². The molecule has 31 heavy (non-hydrogen) atoms. The first-order valence-electron chi connectivity index (χ1n) is 9.36. The normalized spacial score (nSPS) is 13.8. The Morgan fingerprint density at radius 1 is 1.26 bits per heavy atom. The lowest BCUT2D eigenvalue weighted by Gasteiger charge is -2.12. The molecule has 2 heterocycles. The molecule has 0 bridgehead atoms. The summed E-state index contributed by atoms with van der Waals surface area (Å²) < 4.78 is 48.2. The second kappa shape index (κ2) is 8.54. The molecule has 3 aromatic rings. The molecule has 1 saturated carbocycles. The summed E-state index contributed by atoms with van der Waals surface area (Å²) in [5, 5.41) is 5.90. The van der Waals surface area contributed by atoms with Crippen LogP contribution in [0.25, 0.3) is 11.3 Å². The lowest BCUT2D eigenvalue weighted by molar-refractivity contribution is -0.142. The summed E-state index contributed by atoms with van der Waals surface area (Å²) in [5.74, 6) is -0.0726. The number of nitrogens with one attached hydrogen (secondary N) is 1. The van der Waals surface area contributed by atoms with Crippen molar-refractivity contribution < 1.29 is 27.2 Å². The number of aromatic nitrogens is 3. The van der Waals surface area contributed by atoms with E-state index < -0.39 is 17.8 Å². The van der Waals surface area contributed by atoms with E-state index in [9.17, 15) is 18.0 Å². The van der Waals surface area contributed by atoms with Crippen molar-refractivity contribution in [1.82, 2.24) is 20.4 Å². The van der Waals surface area contributed by atoms with Crippen molar-refractivity contribution in [3.8, 4) is 17.0 Å². The second-order valence-electron chi connectivity index (χ2n) is 7.03. The highest BCUT2D eigenvalue weighted by Crippen LogP contribution is 2.33. The van der Waals surface area contributed by atoms with E-state index in [-0.39, 0.29) is 18.1 Å². The average molecular weight is 453 g/mol. The summed E-state index contributed by atoms with van der Waals surface area (Å²) in [6, 6.07) is 7.57. The van der Waals surface area contributed by atoms with Crippen LogP contribution in [-0.4, -0.2) is 27.6 Å². The third kappa shape index (κ3) is 5.32. The van der Waals surface area contributed by atoms with Gasteiger partial charge in [-0.25, -0.2) is 9.97 Å². The van der Waals surface area contributed by atoms with Crippen LogP contribution in [0.3, 0.4) is 0 Å². The van der Waals surface area contributed by atoms with Crippen LogP contribution in [0.4, 0.5) is 13.2 Å². The van der Waals surface area contributed by atoms with Crippen LogP contribution in [0.1, 0.15) is 34.9 Å². The van der Waals surface area contributed by atoms with Crippen molar-refractivity contribution in [3.05, 3.63) is 58.8 Å². The molecule has 1 fully saturated rings. The molecule has 1 amide bonds. The van der Waals surface area contributed by atoms with E-state index in [1.807, 2.05) is 0 Å². The van der Waals surface area contributed by atoms with Gasteiger partial charge in [-0.2, -0.15) is 13.2 Å². The van der Waals surface area contributed by atoms with E-state index in [0.29, 0.717) is 34.6 Å². The first kappa shape index (κ1) is 21.1. The highest BCUT2D eigenvalue weighted by atomic mass is 35.5. The molecule has 0 spiro atoms. The van der Waals surface area contributed by atoms with Crippen molar-refractivity contribution >= 4 is 17.5 Å². The van der Waals surface area contributed by atoms with Crippen molar-refractivity contribution in [2.24, 2.45) is 5.92 Å². The average Bonchev–Trinajstić information content (AvgIpc) is 3.44. The Labute approximate surface area is 179 Å². The largest absolute Gasteiger partial charge is 0.489 e. The topological polar surface area (TPSA) is 90.1 Å². The standard InChI is InChI=1S/C20H16ClF3N4O3/c21-13-5-3-12(4-6-13)17-15(30-10-11-1-2-11)9-25-18(27-17)19(29)26-8-14-7-16(28-31-14)20(22,23)24/h3-7,9,11H,1-2,8,10H2,(H,26,29). The van der Waals surface area contributed by atoms with Crippen LogP contribution in [0.15, 0.2) is 41.1 Å². The van der Waals surface area contributed by atoms with Crippen LogP contribution in [0.5, 0.6) is 5.75 Å². The van der Waals surface area contributed by atoms with Gasteiger partial charge < -0.3 is 14.6 Å². The maximum atomic E-state index is 12.6. The highest BCUT2D eigenvalue weighted by molar-refractivity contribution is 6.30. The number of ether oxygens (including phenoxy) is 1. The first-order valence-corrected chi connectivity index (χ1v) is 9.74. The van der Waals surface area contributed by atoms with Gasteiger partial charge in [0.05, 0.1) is 19.3 Å². The predicted octanol–water partition coefficient (Wildman–Crippen LogP) is 4.52. The SMILES string of the molecule is O=C(NCc1cc(C(F)(F)F)no1)c1ncc(OCC2CC2)c(-c2ccc(Cl)cc2)n1. The number of rotatable bonds is 7. The van der Waals surface area contributed by atoms with E-state index >= 15 is 0 Å². The molecular weight excluding hydrogens is 437 g/mol. The molecule has 0 unspecified atom stereocenters. The Hall–Kier alpha value is -3.14. The minimum Gasteiger partial charge on any atom is -0.489 e. The van der Waals surface area contributed by atoms with Crippen LogP contribution < -0.4 is 10.1 Å². The minimum absolute atomic E-state index is 0.150. The van der Waals surface area contributed by atoms with Gasteiger partial charge in [-0.05, 0) is 30.9 Å². The van der Waals surface area contributed by atoms with Gasteiger partial charge in [0.2, 0.25) is 5.82 Å². The summed E-state index contributed by atoms with van der Waals surface area (Å²) in [6.07, 6.45) is -1.01. The maximum Gasteiger partial charge on any atom is 0.436 e. The summed E-state index contributed by atoms with van der Waals surface area (Å²) in [4.78, 5) is 20.8. The fourth-order valence-electron chi connectivity index (χ4n) is 2.67. The van der Waals surface area contributed by atoms with Crippen molar-refractivity contribution in [1.29, 1.82) is 0 Å². The number of carbonyl (C=O) groups is 1. The third-order valence-corrected chi connectivity index (χ3v) is 4.77. The molecule has 0 atom stereocenters. The molecule has 7 nitrogen and oxygen atoms in total. The zero-order chi connectivity index (χ0) is 22.0. The van der Waals surface area contributed by atoms with Gasteiger partial charge in [0.1, 0.15) is 5.69 Å². The molecule has 1 N–H and O–H groups in total. The van der Waals surface area contributed by atoms with Gasteiger partial charge in [0.25, 0.3) is 5.91 Å². The molecule has 0 saturated heterocycles. The Bertz CT molecular complexity index is 1080. The van der Waals surface area contributed by atoms with E-state index in [4.69, 9.17) is 16.3 Å².